The summed E-state index contributed by atoms with van der Waals surface area (Å²) in [5, 5.41) is 0. The highest BCUT2D eigenvalue weighted by Crippen LogP contribution is 2.01. The van der Waals surface area contributed by atoms with Crippen LogP contribution >= 0.6 is 0 Å². The molecule has 0 amide bonds. The quantitative estimate of drug-likeness (QED) is 0.769. The van der Waals surface area contributed by atoms with Crippen molar-refractivity contribution < 1.29 is 4.39 Å². The van der Waals surface area contributed by atoms with E-state index in [1.807, 2.05) is 25.9 Å². The molecule has 0 bridgehead atoms. The second-order valence-corrected chi connectivity index (χ2v) is 3.30. The lowest BCUT2D eigenvalue weighted by atomic mass is 10.2. The molecule has 2 N–H and O–H groups in total. The highest BCUT2D eigenvalue weighted by Gasteiger charge is 2.01. The van der Waals surface area contributed by atoms with Crippen molar-refractivity contribution in [2.45, 2.75) is 46.2 Å². The van der Waals surface area contributed by atoms with Gasteiger partial charge in [0.2, 0.25) is 0 Å². The molecule has 1 atom stereocenters. The highest BCUT2D eigenvalue weighted by atomic mass is 19.1. The Morgan fingerprint density at radius 3 is 1.71 bits per heavy atom. The summed E-state index contributed by atoms with van der Waals surface area (Å²) in [6, 6.07) is 0. The Bertz CT molecular complexity index is 77.7. The van der Waals surface area contributed by atoms with E-state index < -0.39 is 6.17 Å². The Morgan fingerprint density at radius 1 is 1.14 bits per heavy atom. The van der Waals surface area contributed by atoms with Gasteiger partial charge in [0.1, 0.15) is 6.17 Å². The number of nitrogens with two attached hydrogens (primary N) is 1. The van der Waals surface area contributed by atoms with E-state index in [-0.39, 0.29) is 0 Å². The second-order valence-electron chi connectivity index (χ2n) is 3.30. The standard InChI is InChI=1S/C7H16FN.C3H8.CH5N/c1-4-7(8)5-6-9(2)3;1-3-2;1-2/h7H,4-6H2,1-3H3;3H2,1-2H3;2H2,1H3. The molecule has 0 radical (unpaired) electrons. The first kappa shape index (κ1) is 19.4. The molecule has 0 aliphatic rings. The van der Waals surface area contributed by atoms with Crippen LogP contribution in [0, 0.1) is 0 Å². The van der Waals surface area contributed by atoms with Crippen LogP contribution in [-0.4, -0.2) is 38.8 Å². The smallest absolute Gasteiger partial charge is 0.101 e. The first-order valence-corrected chi connectivity index (χ1v) is 5.44. The number of hydrogen-bond donors (Lipinski definition) is 1. The fourth-order valence-electron chi connectivity index (χ4n) is 0.602. The number of halogens is 1. The first-order valence-electron chi connectivity index (χ1n) is 5.44. The molecule has 0 spiro atoms. The number of rotatable bonds is 4. The van der Waals surface area contributed by atoms with Crippen LogP contribution in [0.1, 0.15) is 40.0 Å². The molecule has 0 heterocycles. The molecular formula is C11H29FN2. The van der Waals surface area contributed by atoms with Crippen molar-refractivity contribution in [1.82, 2.24) is 4.90 Å². The van der Waals surface area contributed by atoms with E-state index in [0.29, 0.717) is 12.8 Å². The minimum absolute atomic E-state index is 0.604. The fraction of sp³-hybridized carbons (Fsp3) is 1.00. The van der Waals surface area contributed by atoms with Gasteiger partial charge in [0, 0.05) is 6.54 Å². The molecule has 0 aliphatic heterocycles. The summed E-state index contributed by atoms with van der Waals surface area (Å²) >= 11 is 0. The van der Waals surface area contributed by atoms with Crippen molar-refractivity contribution in [2.24, 2.45) is 5.73 Å². The molecule has 14 heavy (non-hydrogen) atoms. The molecule has 0 aromatic heterocycles. The van der Waals surface area contributed by atoms with Gasteiger partial charge in [0.05, 0.1) is 0 Å². The molecule has 0 saturated heterocycles. The van der Waals surface area contributed by atoms with Crippen molar-refractivity contribution >= 4 is 0 Å². The third-order valence-electron chi connectivity index (χ3n) is 1.33. The molecule has 0 rings (SSSR count). The minimum Gasteiger partial charge on any atom is -0.333 e. The maximum absolute atomic E-state index is 12.5. The van der Waals surface area contributed by atoms with Crippen molar-refractivity contribution in [3.63, 3.8) is 0 Å². The van der Waals surface area contributed by atoms with Crippen LogP contribution in [0.3, 0.4) is 0 Å². The van der Waals surface area contributed by atoms with Gasteiger partial charge in [-0.05, 0) is 34.0 Å². The predicted molar refractivity (Wildman–Crippen MR) is 64.4 cm³/mol. The largest absolute Gasteiger partial charge is 0.333 e. The van der Waals surface area contributed by atoms with Gasteiger partial charge < -0.3 is 10.6 Å². The summed E-state index contributed by atoms with van der Waals surface area (Å²) in [6.45, 7) is 6.98. The van der Waals surface area contributed by atoms with E-state index in [9.17, 15) is 4.39 Å². The summed E-state index contributed by atoms with van der Waals surface area (Å²) in [7, 11) is 5.42. The number of nitrogens with zero attached hydrogens (tertiary/aromatic N) is 1. The van der Waals surface area contributed by atoms with Crippen LogP contribution in [-0.2, 0) is 0 Å². The fourth-order valence-corrected chi connectivity index (χ4v) is 0.602. The summed E-state index contributed by atoms with van der Waals surface area (Å²) in [6.07, 6.45) is 1.96. The molecule has 3 heteroatoms. The zero-order valence-corrected chi connectivity index (χ0v) is 10.8. The zero-order valence-electron chi connectivity index (χ0n) is 10.8. The summed E-state index contributed by atoms with van der Waals surface area (Å²) in [4.78, 5) is 2.00. The van der Waals surface area contributed by atoms with E-state index in [2.05, 4.69) is 19.6 Å². The Kier molecular flexibility index (Phi) is 25.8. The molecule has 0 aliphatic carbocycles. The van der Waals surface area contributed by atoms with Gasteiger partial charge in [-0.3, -0.25) is 0 Å². The Balaban J connectivity index is -0.000000205. The molecule has 0 aromatic carbocycles. The molecule has 0 aromatic rings. The van der Waals surface area contributed by atoms with E-state index in [1.54, 1.807) is 0 Å². The van der Waals surface area contributed by atoms with Gasteiger partial charge in [-0.2, -0.15) is 0 Å². The highest BCUT2D eigenvalue weighted by molar-refractivity contribution is 4.54. The van der Waals surface area contributed by atoms with Crippen molar-refractivity contribution in [2.75, 3.05) is 27.7 Å². The summed E-state index contributed by atoms with van der Waals surface area (Å²) < 4.78 is 12.5. The van der Waals surface area contributed by atoms with Crippen LogP contribution in [0.5, 0.6) is 0 Å². The summed E-state index contributed by atoms with van der Waals surface area (Å²) in [5.74, 6) is 0. The normalized spacial score (nSPS) is 10.9. The maximum atomic E-state index is 12.5. The van der Waals surface area contributed by atoms with Gasteiger partial charge in [0.15, 0.2) is 0 Å². The molecule has 90 valence electrons. The van der Waals surface area contributed by atoms with Crippen LogP contribution in [0.4, 0.5) is 4.39 Å². The third-order valence-corrected chi connectivity index (χ3v) is 1.33. The van der Waals surface area contributed by atoms with E-state index in [4.69, 9.17) is 0 Å². The summed E-state index contributed by atoms with van der Waals surface area (Å²) in [5.41, 5.74) is 4.50. The van der Waals surface area contributed by atoms with Crippen molar-refractivity contribution in [3.05, 3.63) is 0 Å². The Labute approximate surface area is 89.7 Å². The van der Waals surface area contributed by atoms with Gasteiger partial charge in [-0.25, -0.2) is 4.39 Å². The molecular weight excluding hydrogens is 179 g/mol. The van der Waals surface area contributed by atoms with Crippen LogP contribution in [0.2, 0.25) is 0 Å². The minimum atomic E-state index is -0.604. The predicted octanol–water partition coefficient (Wildman–Crippen LogP) is 2.68. The van der Waals surface area contributed by atoms with Crippen molar-refractivity contribution in [1.29, 1.82) is 0 Å². The first-order chi connectivity index (χ1) is 6.58. The average molecular weight is 208 g/mol. The number of alkyl halides is 1. The SMILES string of the molecule is CCC.CCC(F)CCN(C)C.CN. The van der Waals surface area contributed by atoms with Gasteiger partial charge in [-0.15, -0.1) is 0 Å². The maximum Gasteiger partial charge on any atom is 0.101 e. The third kappa shape index (κ3) is 29.7. The van der Waals surface area contributed by atoms with Crippen LogP contribution in [0.25, 0.3) is 0 Å². The lowest BCUT2D eigenvalue weighted by Crippen LogP contribution is -2.16. The number of hydrogen-bond acceptors (Lipinski definition) is 2. The van der Waals surface area contributed by atoms with E-state index >= 15 is 0 Å². The second kappa shape index (κ2) is 18.6. The molecule has 1 unspecified atom stereocenters. The van der Waals surface area contributed by atoms with Crippen LogP contribution in [0.15, 0.2) is 0 Å². The van der Waals surface area contributed by atoms with Crippen molar-refractivity contribution in [3.8, 4) is 0 Å². The average Bonchev–Trinajstić information content (AvgIpc) is 2.18. The lowest BCUT2D eigenvalue weighted by molar-refractivity contribution is 0.267. The van der Waals surface area contributed by atoms with Crippen LogP contribution < -0.4 is 5.73 Å². The van der Waals surface area contributed by atoms with Gasteiger partial charge in [-0.1, -0.05) is 27.2 Å². The van der Waals surface area contributed by atoms with E-state index in [0.717, 1.165) is 6.54 Å². The molecule has 0 fully saturated rings. The molecule has 0 saturated carbocycles. The topological polar surface area (TPSA) is 29.3 Å². The van der Waals surface area contributed by atoms with Gasteiger partial charge >= 0.3 is 0 Å². The monoisotopic (exact) mass is 208 g/mol. The van der Waals surface area contributed by atoms with Gasteiger partial charge in [0.25, 0.3) is 0 Å². The molecule has 2 nitrogen and oxygen atoms in total. The van der Waals surface area contributed by atoms with E-state index in [1.165, 1.54) is 13.5 Å². The Morgan fingerprint density at radius 2 is 1.50 bits per heavy atom. The Hall–Kier alpha value is -0.150. The zero-order chi connectivity index (χ0) is 12.0. The lowest BCUT2D eigenvalue weighted by Gasteiger charge is -2.10.